The highest BCUT2D eigenvalue weighted by Crippen LogP contribution is 2.48. The van der Waals surface area contributed by atoms with Crippen LogP contribution in [0.5, 0.6) is 5.75 Å². The molecule has 0 unspecified atom stereocenters. The van der Waals surface area contributed by atoms with Crippen molar-refractivity contribution in [2.24, 2.45) is 7.05 Å². The van der Waals surface area contributed by atoms with Gasteiger partial charge in [-0.15, -0.1) is 13.2 Å². The van der Waals surface area contributed by atoms with Gasteiger partial charge in [-0.25, -0.2) is 18.4 Å². The van der Waals surface area contributed by atoms with Crippen molar-refractivity contribution >= 4 is 23.3 Å². The van der Waals surface area contributed by atoms with Crippen molar-refractivity contribution in [3.05, 3.63) is 60.0 Å². The highest BCUT2D eigenvalue weighted by molar-refractivity contribution is 7.70. The van der Waals surface area contributed by atoms with Gasteiger partial charge >= 0.3 is 6.36 Å². The second-order valence-electron chi connectivity index (χ2n) is 10.4. The quantitative estimate of drug-likeness (QED) is 0.167. The minimum atomic E-state index is -4.97. The van der Waals surface area contributed by atoms with Crippen molar-refractivity contribution in [3.8, 4) is 34.2 Å². The monoisotopic (exact) mass is 590 g/mol. The number of benzene rings is 2. The summed E-state index contributed by atoms with van der Waals surface area (Å²) in [5.74, 6) is 0.109. The number of rotatable bonds is 7. The van der Waals surface area contributed by atoms with Crippen molar-refractivity contribution < 1.29 is 31.3 Å². The smallest absolute Gasteiger partial charge is 0.405 e. The van der Waals surface area contributed by atoms with E-state index < -0.39 is 25.7 Å². The molecule has 1 fully saturated rings. The topological polar surface area (TPSA) is 90.6 Å². The van der Waals surface area contributed by atoms with Crippen molar-refractivity contribution in [2.45, 2.75) is 31.5 Å². The number of hydrogen-bond acceptors (Lipinski definition) is 5. The number of aromatic nitrogens is 6. The summed E-state index contributed by atoms with van der Waals surface area (Å²) in [4.78, 5) is 4.84. The Morgan fingerprint density at radius 1 is 1.10 bits per heavy atom. The zero-order chi connectivity index (χ0) is 29.3. The molecule has 0 radical (unpaired) electrons. The number of imidazole rings is 1. The van der Waals surface area contributed by atoms with Crippen molar-refractivity contribution in [3.63, 3.8) is 0 Å². The zero-order valence-corrected chi connectivity index (χ0v) is 23.0. The van der Waals surface area contributed by atoms with E-state index in [2.05, 4.69) is 20.0 Å². The molecule has 1 aliphatic carbocycles. The SMILES string of the molecule is Cn1c(-c2ccc(P(C)(C)=O)cc2OC(F)(F)F)nc(-c2cccc3nn(-c4cc(C(F)F)[nH]n4)cc23)c1C1CC1. The van der Waals surface area contributed by atoms with Gasteiger partial charge in [0.25, 0.3) is 6.43 Å². The molecule has 0 amide bonds. The third-order valence-electron chi connectivity index (χ3n) is 7.02. The first-order valence-electron chi connectivity index (χ1n) is 12.6. The molecule has 41 heavy (non-hydrogen) atoms. The largest absolute Gasteiger partial charge is 0.573 e. The minimum absolute atomic E-state index is 0.106. The molecule has 0 spiro atoms. The van der Waals surface area contributed by atoms with Crippen molar-refractivity contribution in [1.82, 2.24) is 29.5 Å². The minimum Gasteiger partial charge on any atom is -0.405 e. The van der Waals surface area contributed by atoms with Gasteiger partial charge in [0, 0.05) is 47.2 Å². The number of aromatic amines is 1. The molecule has 1 saturated carbocycles. The molecule has 1 aliphatic rings. The molecule has 0 aliphatic heterocycles. The van der Waals surface area contributed by atoms with Crippen LogP contribution in [0.3, 0.4) is 0 Å². The fraction of sp³-hybridized carbons (Fsp3) is 0.296. The summed E-state index contributed by atoms with van der Waals surface area (Å²) >= 11 is 0. The maximum absolute atomic E-state index is 13.4. The van der Waals surface area contributed by atoms with E-state index in [0.717, 1.165) is 24.6 Å². The van der Waals surface area contributed by atoms with Crippen LogP contribution >= 0.6 is 7.14 Å². The molecule has 2 aromatic carbocycles. The number of nitrogens with zero attached hydrogens (tertiary/aromatic N) is 5. The lowest BCUT2D eigenvalue weighted by Crippen LogP contribution is -2.19. The summed E-state index contributed by atoms with van der Waals surface area (Å²) < 4.78 is 86.7. The second kappa shape index (κ2) is 9.54. The van der Waals surface area contributed by atoms with Gasteiger partial charge in [-0.2, -0.15) is 10.2 Å². The average molecular weight is 590 g/mol. The number of nitrogens with one attached hydrogen (secondary N) is 1. The van der Waals surface area contributed by atoms with Crippen molar-refractivity contribution in [2.75, 3.05) is 13.3 Å². The van der Waals surface area contributed by atoms with Crippen LogP contribution in [0.15, 0.2) is 48.7 Å². The molecule has 0 bridgehead atoms. The summed E-state index contributed by atoms with van der Waals surface area (Å²) in [5.41, 5.74) is 2.43. The lowest BCUT2D eigenvalue weighted by Gasteiger charge is -2.16. The van der Waals surface area contributed by atoms with Gasteiger partial charge in [0.1, 0.15) is 24.4 Å². The molecule has 6 rings (SSSR count). The summed E-state index contributed by atoms with van der Waals surface area (Å²) in [7, 11) is -1.13. The highest BCUT2D eigenvalue weighted by atomic mass is 31.2. The second-order valence-corrected chi connectivity index (χ2v) is 13.6. The van der Waals surface area contributed by atoms with E-state index in [1.54, 1.807) is 29.9 Å². The van der Waals surface area contributed by atoms with E-state index in [1.165, 1.54) is 36.2 Å². The maximum atomic E-state index is 13.4. The number of hydrogen-bond donors (Lipinski definition) is 1. The van der Waals surface area contributed by atoms with Crippen molar-refractivity contribution in [1.29, 1.82) is 0 Å². The molecule has 14 heteroatoms. The fourth-order valence-corrected chi connectivity index (χ4v) is 5.80. The van der Waals surface area contributed by atoms with Crippen LogP contribution in [-0.2, 0) is 11.6 Å². The Balaban J connectivity index is 1.52. The first-order chi connectivity index (χ1) is 19.3. The van der Waals surface area contributed by atoms with Crippen LogP contribution in [0.25, 0.3) is 39.4 Å². The average Bonchev–Trinajstić information content (AvgIpc) is 3.29. The first kappa shape index (κ1) is 27.2. The van der Waals surface area contributed by atoms with Crippen LogP contribution < -0.4 is 10.0 Å². The van der Waals surface area contributed by atoms with Crippen LogP contribution in [0.2, 0.25) is 0 Å². The zero-order valence-electron chi connectivity index (χ0n) is 22.1. The molecular formula is C27H24F5N6O2P. The van der Waals surface area contributed by atoms with E-state index in [4.69, 9.17) is 4.98 Å². The fourth-order valence-electron chi connectivity index (χ4n) is 4.94. The molecule has 5 aromatic rings. The number of fused-ring (bicyclic) bond motifs is 1. The Labute approximate surface area is 230 Å². The molecule has 3 heterocycles. The number of ether oxygens (including phenoxy) is 1. The molecule has 1 N–H and O–H groups in total. The Hall–Kier alpha value is -3.99. The standard InChI is InChI=1S/C27H24F5N6O2P/c1-37-24(14-7-8-14)23(33-26(37)17-10-9-15(41(2,3)39)11-21(17)40-27(30,31)32)16-5-4-6-19-18(16)13-38(36-19)22-12-20(25(28)29)34-35-22/h4-6,9-14,25H,7-8H2,1-3H3,(H,34,35). The molecule has 0 atom stereocenters. The summed E-state index contributed by atoms with van der Waals surface area (Å²) in [6.07, 6.45) is -4.24. The van der Waals surface area contributed by atoms with Gasteiger partial charge in [0.05, 0.1) is 16.8 Å². The lowest BCUT2D eigenvalue weighted by atomic mass is 10.0. The normalized spacial score (nSPS) is 14.4. The molecule has 3 aromatic heterocycles. The Kier molecular flexibility index (Phi) is 6.33. The van der Waals surface area contributed by atoms with E-state index in [9.17, 15) is 26.5 Å². The van der Waals surface area contributed by atoms with Gasteiger partial charge in [0.15, 0.2) is 5.82 Å². The van der Waals surface area contributed by atoms with Crippen LogP contribution in [0.4, 0.5) is 22.0 Å². The maximum Gasteiger partial charge on any atom is 0.573 e. The van der Waals surface area contributed by atoms with Gasteiger partial charge < -0.3 is 13.9 Å². The number of halogens is 5. The predicted octanol–water partition coefficient (Wildman–Crippen LogP) is 6.78. The summed E-state index contributed by atoms with van der Waals surface area (Å²) in [5, 5.41) is 11.6. The first-order valence-corrected chi connectivity index (χ1v) is 15.2. The Bertz CT molecular complexity index is 1830. The third-order valence-corrected chi connectivity index (χ3v) is 8.54. The van der Waals surface area contributed by atoms with Gasteiger partial charge in [0.2, 0.25) is 0 Å². The summed E-state index contributed by atoms with van der Waals surface area (Å²) in [6, 6.07) is 10.7. The Morgan fingerprint density at radius 2 is 1.85 bits per heavy atom. The molecule has 0 saturated heterocycles. The molecule has 214 valence electrons. The number of alkyl halides is 5. The molecule has 8 nitrogen and oxygen atoms in total. The van der Waals surface area contributed by atoms with Gasteiger partial charge in [-0.3, -0.25) is 5.10 Å². The molecular weight excluding hydrogens is 566 g/mol. The van der Waals surface area contributed by atoms with Crippen LogP contribution in [0.1, 0.15) is 36.6 Å². The van der Waals surface area contributed by atoms with E-state index in [-0.39, 0.29) is 34.1 Å². The lowest BCUT2D eigenvalue weighted by molar-refractivity contribution is -0.274. The highest BCUT2D eigenvalue weighted by Gasteiger charge is 2.36. The van der Waals surface area contributed by atoms with E-state index in [1.807, 2.05) is 6.07 Å². The predicted molar refractivity (Wildman–Crippen MR) is 144 cm³/mol. The summed E-state index contributed by atoms with van der Waals surface area (Å²) in [6.45, 7) is 2.95. The van der Waals surface area contributed by atoms with E-state index >= 15 is 0 Å². The van der Waals surface area contributed by atoms with Crippen LogP contribution in [0, 0.1) is 0 Å². The third kappa shape index (κ3) is 5.14. The van der Waals surface area contributed by atoms with Gasteiger partial charge in [-0.05, 0) is 44.4 Å². The Morgan fingerprint density at radius 3 is 2.49 bits per heavy atom. The number of H-pyrrole nitrogens is 1. The van der Waals surface area contributed by atoms with E-state index in [0.29, 0.717) is 22.2 Å². The van der Waals surface area contributed by atoms with Gasteiger partial charge in [-0.1, -0.05) is 18.2 Å². The van der Waals surface area contributed by atoms with Crippen LogP contribution in [-0.4, -0.2) is 49.2 Å².